The van der Waals surface area contributed by atoms with E-state index >= 15 is 0 Å². The Morgan fingerprint density at radius 2 is 2.19 bits per heavy atom. The van der Waals surface area contributed by atoms with Gasteiger partial charge in [0.05, 0.1) is 11.8 Å². The van der Waals surface area contributed by atoms with E-state index in [0.717, 1.165) is 17.2 Å². The molecule has 0 saturated heterocycles. The molecule has 21 heavy (non-hydrogen) atoms. The third-order valence-corrected chi connectivity index (χ3v) is 6.17. The average Bonchev–Trinajstić information content (AvgIpc) is 3.18. The fourth-order valence-electron chi connectivity index (χ4n) is 2.22. The number of nitrogens with zero attached hydrogens (tertiary/aromatic N) is 2. The van der Waals surface area contributed by atoms with Crippen LogP contribution in [0.5, 0.6) is 0 Å². The van der Waals surface area contributed by atoms with E-state index in [4.69, 9.17) is 0 Å². The van der Waals surface area contributed by atoms with E-state index in [1.54, 1.807) is 16.8 Å². The van der Waals surface area contributed by atoms with E-state index in [1.165, 1.54) is 28.0 Å². The first-order chi connectivity index (χ1) is 10.2. The molecule has 4 nitrogen and oxygen atoms in total. The number of hydrogen-bond acceptors (Lipinski definition) is 6. The second kappa shape index (κ2) is 8.51. The number of nitrogens with one attached hydrogen (secondary N) is 1. The molecule has 0 saturated carbocycles. The summed E-state index contributed by atoms with van der Waals surface area (Å²) >= 11 is 4.60. The molecular weight excluding hydrogens is 322 g/mol. The van der Waals surface area contributed by atoms with Crippen LogP contribution in [0.15, 0.2) is 27.4 Å². The Balaban J connectivity index is 1.96. The van der Waals surface area contributed by atoms with Gasteiger partial charge in [0.15, 0.2) is 4.34 Å². The summed E-state index contributed by atoms with van der Waals surface area (Å²) in [6.45, 7) is 4.35. The highest BCUT2D eigenvalue weighted by molar-refractivity contribution is 8.01. The number of rotatable bonds is 8. The largest absolute Gasteiger partial charge is 0.347 e. The highest BCUT2D eigenvalue weighted by atomic mass is 32.2. The van der Waals surface area contributed by atoms with E-state index in [-0.39, 0.29) is 11.9 Å². The van der Waals surface area contributed by atoms with E-state index in [9.17, 15) is 4.79 Å². The second-order valence-electron chi connectivity index (χ2n) is 4.63. The van der Waals surface area contributed by atoms with Gasteiger partial charge in [-0.3, -0.25) is 4.79 Å². The summed E-state index contributed by atoms with van der Waals surface area (Å²) in [6, 6.07) is 4.26. The molecule has 1 atom stereocenters. The van der Waals surface area contributed by atoms with Crippen LogP contribution in [-0.4, -0.2) is 21.9 Å². The zero-order chi connectivity index (χ0) is 15.1. The summed E-state index contributed by atoms with van der Waals surface area (Å²) in [6.07, 6.45) is 2.12. The Bertz CT molecular complexity index is 524. The van der Waals surface area contributed by atoms with Gasteiger partial charge < -0.3 is 5.32 Å². The lowest BCUT2D eigenvalue weighted by atomic mass is 9.93. The summed E-state index contributed by atoms with van der Waals surface area (Å²) in [5, 5.41) is 13.0. The number of thiophene rings is 1. The summed E-state index contributed by atoms with van der Waals surface area (Å²) in [5.74, 6) is 0.914. The van der Waals surface area contributed by atoms with E-state index in [1.807, 2.05) is 6.07 Å². The van der Waals surface area contributed by atoms with Gasteiger partial charge in [-0.2, -0.15) is 0 Å². The smallest absolute Gasteiger partial charge is 0.230 e. The van der Waals surface area contributed by atoms with Crippen molar-refractivity contribution in [2.24, 2.45) is 5.92 Å². The quantitative estimate of drug-likeness (QED) is 0.738. The number of thioether (sulfide) groups is 1. The fourth-order valence-corrected chi connectivity index (χ4v) is 4.39. The van der Waals surface area contributed by atoms with Crippen LogP contribution < -0.4 is 5.32 Å². The molecule has 0 aliphatic rings. The van der Waals surface area contributed by atoms with Crippen molar-refractivity contribution in [3.8, 4) is 0 Å². The number of aromatic nitrogens is 2. The molecule has 0 spiro atoms. The Morgan fingerprint density at radius 3 is 2.76 bits per heavy atom. The number of hydrogen-bond donors (Lipinski definition) is 1. The van der Waals surface area contributed by atoms with Gasteiger partial charge in [0, 0.05) is 4.88 Å². The third kappa shape index (κ3) is 4.79. The van der Waals surface area contributed by atoms with Gasteiger partial charge in [-0.1, -0.05) is 55.9 Å². The predicted molar refractivity (Wildman–Crippen MR) is 89.9 cm³/mol. The highest BCUT2D eigenvalue weighted by Crippen LogP contribution is 2.30. The van der Waals surface area contributed by atoms with E-state index in [0.29, 0.717) is 11.7 Å². The van der Waals surface area contributed by atoms with Crippen LogP contribution in [0.3, 0.4) is 0 Å². The van der Waals surface area contributed by atoms with E-state index in [2.05, 4.69) is 40.8 Å². The number of carbonyl (C=O) groups excluding carboxylic acids is 1. The average molecular weight is 342 g/mol. The monoisotopic (exact) mass is 341 g/mol. The van der Waals surface area contributed by atoms with Crippen LogP contribution in [0, 0.1) is 5.92 Å². The van der Waals surface area contributed by atoms with Crippen LogP contribution in [0.25, 0.3) is 0 Å². The second-order valence-corrected chi connectivity index (χ2v) is 7.67. The maximum Gasteiger partial charge on any atom is 0.230 e. The number of amides is 1. The van der Waals surface area contributed by atoms with Crippen LogP contribution in [-0.2, 0) is 4.79 Å². The third-order valence-electron chi connectivity index (χ3n) is 3.35. The normalized spacial score (nSPS) is 12.5. The summed E-state index contributed by atoms with van der Waals surface area (Å²) < 4.78 is 0.834. The van der Waals surface area contributed by atoms with Gasteiger partial charge in [-0.25, -0.2) is 0 Å². The van der Waals surface area contributed by atoms with Gasteiger partial charge in [-0.05, 0) is 17.4 Å². The summed E-state index contributed by atoms with van der Waals surface area (Å²) in [5.41, 5.74) is 1.68. The van der Waals surface area contributed by atoms with Gasteiger partial charge >= 0.3 is 0 Å². The van der Waals surface area contributed by atoms with E-state index < -0.39 is 0 Å². The van der Waals surface area contributed by atoms with Crippen LogP contribution in [0.4, 0.5) is 0 Å². The highest BCUT2D eigenvalue weighted by Gasteiger charge is 2.23. The van der Waals surface area contributed by atoms with Crippen molar-refractivity contribution in [3.63, 3.8) is 0 Å². The summed E-state index contributed by atoms with van der Waals surface area (Å²) in [4.78, 5) is 13.4. The Hall–Kier alpha value is -0.920. The first-order valence-corrected chi connectivity index (χ1v) is 9.70. The molecule has 114 valence electrons. The molecule has 7 heteroatoms. The Morgan fingerprint density at radius 1 is 1.38 bits per heavy atom. The molecule has 1 N–H and O–H groups in total. The molecule has 2 aromatic heterocycles. The lowest BCUT2D eigenvalue weighted by Crippen LogP contribution is -2.33. The molecule has 0 aliphatic carbocycles. The standard InChI is InChI=1S/C14H19N3OS3/c1-3-10(4-2)13(11-6-5-7-19-11)16-12(18)8-20-14-17-15-9-21-14/h5-7,9-10,13H,3-4,8H2,1-2H3,(H,16,18)/t13-/m0/s1. The van der Waals surface area contributed by atoms with Crippen molar-refractivity contribution in [1.29, 1.82) is 0 Å². The Kier molecular flexibility index (Phi) is 6.66. The first kappa shape index (κ1) is 16.5. The van der Waals surface area contributed by atoms with Crippen molar-refractivity contribution in [2.75, 3.05) is 5.75 Å². The molecule has 2 rings (SSSR count). The molecule has 0 aliphatic heterocycles. The first-order valence-electron chi connectivity index (χ1n) is 6.96. The lowest BCUT2D eigenvalue weighted by molar-refractivity contribution is -0.119. The van der Waals surface area contributed by atoms with Gasteiger partial charge in [0.1, 0.15) is 5.51 Å². The molecule has 0 aromatic carbocycles. The minimum Gasteiger partial charge on any atom is -0.347 e. The van der Waals surface area contributed by atoms with Crippen LogP contribution >= 0.6 is 34.4 Å². The van der Waals surface area contributed by atoms with Crippen molar-refractivity contribution in [1.82, 2.24) is 15.5 Å². The van der Waals surface area contributed by atoms with Crippen molar-refractivity contribution >= 4 is 40.3 Å². The zero-order valence-corrected chi connectivity index (χ0v) is 14.6. The van der Waals surface area contributed by atoms with Gasteiger partial charge in [0.25, 0.3) is 0 Å². The molecule has 0 unspecified atom stereocenters. The molecule has 0 bridgehead atoms. The van der Waals surface area contributed by atoms with Crippen molar-refractivity contribution in [3.05, 3.63) is 27.9 Å². The molecule has 2 aromatic rings. The van der Waals surface area contributed by atoms with Crippen molar-refractivity contribution in [2.45, 2.75) is 37.1 Å². The van der Waals surface area contributed by atoms with Gasteiger partial charge in [-0.15, -0.1) is 21.5 Å². The summed E-state index contributed by atoms with van der Waals surface area (Å²) in [7, 11) is 0. The minimum atomic E-state index is 0.0560. The molecule has 1 amide bonds. The van der Waals surface area contributed by atoms with Crippen LogP contribution in [0.2, 0.25) is 0 Å². The molecular formula is C14H19N3OS3. The fraction of sp³-hybridized carbons (Fsp3) is 0.500. The lowest BCUT2D eigenvalue weighted by Gasteiger charge is -2.25. The zero-order valence-electron chi connectivity index (χ0n) is 12.1. The molecule has 0 fully saturated rings. The van der Waals surface area contributed by atoms with Crippen LogP contribution in [0.1, 0.15) is 37.6 Å². The maximum atomic E-state index is 12.2. The number of carbonyl (C=O) groups is 1. The topological polar surface area (TPSA) is 54.9 Å². The minimum absolute atomic E-state index is 0.0560. The Labute approximate surface area is 137 Å². The van der Waals surface area contributed by atoms with Crippen molar-refractivity contribution < 1.29 is 4.79 Å². The molecule has 2 heterocycles. The molecule has 0 radical (unpaired) electrons. The predicted octanol–water partition coefficient (Wildman–Crippen LogP) is 3.99. The maximum absolute atomic E-state index is 12.2. The SMILES string of the molecule is CCC(CC)[C@H](NC(=O)CSc1nncs1)c1cccs1. The van der Waals surface area contributed by atoms with Gasteiger partial charge in [0.2, 0.25) is 5.91 Å².